The predicted octanol–water partition coefficient (Wildman–Crippen LogP) is 2.96. The van der Waals surface area contributed by atoms with Crippen LogP contribution in [0.25, 0.3) is 0 Å². The second kappa shape index (κ2) is 4.81. The van der Waals surface area contributed by atoms with Crippen molar-refractivity contribution >= 4 is 5.97 Å². The van der Waals surface area contributed by atoms with Crippen molar-refractivity contribution in [2.75, 3.05) is 0 Å². The highest BCUT2D eigenvalue weighted by molar-refractivity contribution is 5.71. The molecule has 0 aliphatic carbocycles. The second-order valence-corrected chi connectivity index (χ2v) is 5.77. The highest BCUT2D eigenvalue weighted by Crippen LogP contribution is 2.46. The predicted molar refractivity (Wildman–Crippen MR) is 69.2 cm³/mol. The van der Waals surface area contributed by atoms with E-state index in [1.54, 1.807) is 0 Å². The molecule has 4 unspecified atom stereocenters. The zero-order valence-corrected chi connectivity index (χ0v) is 11.2. The van der Waals surface area contributed by atoms with Crippen LogP contribution < -0.4 is 0 Å². The van der Waals surface area contributed by atoms with Gasteiger partial charge >= 0.3 is 5.97 Å². The maximum Gasteiger partial charge on any atom is 0.308 e. The van der Waals surface area contributed by atoms with E-state index in [-0.39, 0.29) is 24.0 Å². The molecule has 20 heavy (non-hydrogen) atoms. The molecule has 2 bridgehead atoms. The van der Waals surface area contributed by atoms with Gasteiger partial charge in [0, 0.05) is 29.8 Å². The van der Waals surface area contributed by atoms with Crippen LogP contribution in [0.1, 0.15) is 37.8 Å². The summed E-state index contributed by atoms with van der Waals surface area (Å²) in [5, 5.41) is 9.25. The number of carboxylic acid groups (broad SMARTS) is 1. The Morgan fingerprint density at radius 2 is 2.15 bits per heavy atom. The molecule has 0 radical (unpaired) electrons. The van der Waals surface area contributed by atoms with Crippen molar-refractivity contribution in [3.63, 3.8) is 0 Å². The molecule has 108 valence electrons. The lowest BCUT2D eigenvalue weighted by atomic mass is 9.89. The highest BCUT2D eigenvalue weighted by atomic mass is 19.1. The lowest BCUT2D eigenvalue weighted by molar-refractivity contribution is -0.142. The number of nitrogens with zero attached hydrogens (tertiary/aromatic N) is 1. The number of aliphatic carboxylic acids is 1. The summed E-state index contributed by atoms with van der Waals surface area (Å²) in [6.45, 7) is 1.87. The Hall–Kier alpha value is -1.49. The number of halogens is 2. The molecular formula is C15H17F2NO2. The fourth-order valence-electron chi connectivity index (χ4n) is 3.90. The van der Waals surface area contributed by atoms with Crippen LogP contribution in [0.3, 0.4) is 0 Å². The number of hydrogen-bond donors (Lipinski definition) is 1. The van der Waals surface area contributed by atoms with E-state index in [4.69, 9.17) is 0 Å². The zero-order valence-electron chi connectivity index (χ0n) is 11.2. The van der Waals surface area contributed by atoms with Gasteiger partial charge in [0.15, 0.2) is 0 Å². The lowest BCUT2D eigenvalue weighted by Gasteiger charge is -2.30. The van der Waals surface area contributed by atoms with Crippen molar-refractivity contribution in [3.8, 4) is 0 Å². The van der Waals surface area contributed by atoms with E-state index < -0.39 is 17.6 Å². The van der Waals surface area contributed by atoms with Gasteiger partial charge < -0.3 is 5.11 Å². The second-order valence-electron chi connectivity index (χ2n) is 5.77. The van der Waals surface area contributed by atoms with Gasteiger partial charge in [-0.25, -0.2) is 8.78 Å². The van der Waals surface area contributed by atoms with E-state index >= 15 is 0 Å². The smallest absolute Gasteiger partial charge is 0.308 e. The van der Waals surface area contributed by atoms with E-state index in [0.717, 1.165) is 18.9 Å². The number of fused-ring (bicyclic) bond motifs is 2. The molecule has 2 fully saturated rings. The molecule has 0 amide bonds. The molecular weight excluding hydrogens is 264 g/mol. The quantitative estimate of drug-likeness (QED) is 0.926. The maximum atomic E-state index is 13.9. The van der Waals surface area contributed by atoms with Gasteiger partial charge in [0.25, 0.3) is 0 Å². The maximum absolute atomic E-state index is 13.9. The molecule has 2 saturated heterocycles. The number of benzene rings is 1. The van der Waals surface area contributed by atoms with Gasteiger partial charge in [-0.3, -0.25) is 9.69 Å². The molecule has 4 atom stereocenters. The lowest BCUT2D eigenvalue weighted by Crippen LogP contribution is -2.35. The minimum Gasteiger partial charge on any atom is -0.481 e. The van der Waals surface area contributed by atoms with Gasteiger partial charge in [0.05, 0.1) is 5.92 Å². The van der Waals surface area contributed by atoms with E-state index in [1.165, 1.54) is 12.1 Å². The molecule has 0 saturated carbocycles. The Bertz CT molecular complexity index is 549. The molecule has 0 aromatic heterocycles. The Morgan fingerprint density at radius 3 is 2.75 bits per heavy atom. The first-order chi connectivity index (χ1) is 9.49. The van der Waals surface area contributed by atoms with Gasteiger partial charge in [-0.05, 0) is 32.3 Å². The molecule has 1 N–H and O–H groups in total. The average Bonchev–Trinajstić information content (AvgIpc) is 2.95. The van der Waals surface area contributed by atoms with Gasteiger partial charge in [-0.15, -0.1) is 0 Å². The van der Waals surface area contributed by atoms with Gasteiger partial charge in [-0.2, -0.15) is 0 Å². The molecule has 1 aromatic rings. The first-order valence-electron chi connectivity index (χ1n) is 6.94. The molecule has 2 aliphatic rings. The number of carboxylic acids is 1. The average molecular weight is 281 g/mol. The highest BCUT2D eigenvalue weighted by Gasteiger charge is 2.51. The van der Waals surface area contributed by atoms with Crippen molar-refractivity contribution in [1.82, 2.24) is 4.90 Å². The van der Waals surface area contributed by atoms with Crippen molar-refractivity contribution in [2.24, 2.45) is 5.92 Å². The van der Waals surface area contributed by atoms with Crippen LogP contribution in [-0.2, 0) is 4.79 Å². The fourth-order valence-corrected chi connectivity index (χ4v) is 3.90. The minimum atomic E-state index is -0.769. The van der Waals surface area contributed by atoms with Crippen LogP contribution in [0.15, 0.2) is 18.2 Å². The normalized spacial score (nSPS) is 30.6. The van der Waals surface area contributed by atoms with Crippen molar-refractivity contribution < 1.29 is 18.7 Å². The van der Waals surface area contributed by atoms with E-state index in [2.05, 4.69) is 4.90 Å². The molecule has 0 spiro atoms. The van der Waals surface area contributed by atoms with Crippen LogP contribution in [0.4, 0.5) is 8.78 Å². The summed E-state index contributed by atoms with van der Waals surface area (Å²) in [4.78, 5) is 13.4. The Kier molecular flexibility index (Phi) is 3.24. The summed E-state index contributed by atoms with van der Waals surface area (Å²) < 4.78 is 26.9. The molecule has 5 heteroatoms. The summed E-state index contributed by atoms with van der Waals surface area (Å²) in [6, 6.07) is 3.54. The van der Waals surface area contributed by atoms with Gasteiger partial charge in [0.1, 0.15) is 11.6 Å². The van der Waals surface area contributed by atoms with Crippen molar-refractivity contribution in [3.05, 3.63) is 35.4 Å². The summed E-state index contributed by atoms with van der Waals surface area (Å²) in [7, 11) is 0. The van der Waals surface area contributed by atoms with Crippen LogP contribution >= 0.6 is 0 Å². The molecule has 3 nitrogen and oxygen atoms in total. The topological polar surface area (TPSA) is 40.5 Å². The Morgan fingerprint density at radius 1 is 1.40 bits per heavy atom. The summed E-state index contributed by atoms with van der Waals surface area (Å²) in [5.74, 6) is -2.28. The number of rotatable bonds is 3. The summed E-state index contributed by atoms with van der Waals surface area (Å²) >= 11 is 0. The Labute approximate surface area is 116 Å². The zero-order chi connectivity index (χ0) is 14.4. The van der Waals surface area contributed by atoms with E-state index in [9.17, 15) is 18.7 Å². The van der Waals surface area contributed by atoms with Crippen molar-refractivity contribution in [1.29, 1.82) is 0 Å². The van der Waals surface area contributed by atoms with Gasteiger partial charge in [-0.1, -0.05) is 6.07 Å². The Balaban J connectivity index is 1.88. The standard InChI is InChI=1S/C15H17F2NO2/c1-8(11-4-2-9(16)6-13(11)17)18-10-3-5-14(18)12(7-10)15(19)20/h2,4,6,8,10,12,14H,3,5,7H2,1H3,(H,19,20). The molecule has 1 aromatic carbocycles. The number of carbonyl (C=O) groups is 1. The first kappa shape index (κ1) is 13.5. The first-order valence-corrected chi connectivity index (χ1v) is 6.94. The monoisotopic (exact) mass is 281 g/mol. The summed E-state index contributed by atoms with van der Waals surface area (Å²) in [6.07, 6.45) is 2.43. The van der Waals surface area contributed by atoms with Crippen LogP contribution in [0.2, 0.25) is 0 Å². The minimum absolute atomic E-state index is 0.0306. The van der Waals surface area contributed by atoms with Gasteiger partial charge in [0.2, 0.25) is 0 Å². The number of hydrogen-bond acceptors (Lipinski definition) is 2. The molecule has 2 heterocycles. The fraction of sp³-hybridized carbons (Fsp3) is 0.533. The third kappa shape index (κ3) is 2.00. The van der Waals surface area contributed by atoms with Crippen LogP contribution in [0.5, 0.6) is 0 Å². The van der Waals surface area contributed by atoms with Crippen LogP contribution in [0, 0.1) is 17.6 Å². The third-order valence-electron chi connectivity index (χ3n) is 4.77. The summed E-state index contributed by atoms with van der Waals surface area (Å²) in [5.41, 5.74) is 0.439. The molecule has 3 rings (SSSR count). The van der Waals surface area contributed by atoms with E-state index in [0.29, 0.717) is 12.0 Å². The SMILES string of the molecule is CC(c1ccc(F)cc1F)N1C2CCC1C(C(=O)O)C2. The third-order valence-corrected chi connectivity index (χ3v) is 4.77. The van der Waals surface area contributed by atoms with E-state index in [1.807, 2.05) is 6.92 Å². The van der Waals surface area contributed by atoms with Crippen molar-refractivity contribution in [2.45, 2.75) is 44.3 Å². The largest absolute Gasteiger partial charge is 0.481 e. The molecule has 2 aliphatic heterocycles. The van der Waals surface area contributed by atoms with Crippen LogP contribution in [-0.4, -0.2) is 28.1 Å².